The van der Waals surface area contributed by atoms with Crippen molar-refractivity contribution in [2.75, 3.05) is 5.32 Å². The van der Waals surface area contributed by atoms with Gasteiger partial charge in [0.25, 0.3) is 5.56 Å². The number of carbonyl (C=O) groups excluding carboxylic acids is 1. The predicted molar refractivity (Wildman–Crippen MR) is 82.8 cm³/mol. The molecule has 0 saturated carbocycles. The van der Waals surface area contributed by atoms with Gasteiger partial charge in [0.05, 0.1) is 5.69 Å². The number of hydrogen-bond donors (Lipinski definition) is 1. The maximum atomic E-state index is 12.3. The number of carbonyl (C=O) groups is 1. The van der Waals surface area contributed by atoms with Crippen LogP contribution in [0.25, 0.3) is 0 Å². The van der Waals surface area contributed by atoms with Crippen molar-refractivity contribution >= 4 is 23.2 Å². The van der Waals surface area contributed by atoms with Crippen LogP contribution in [-0.2, 0) is 4.79 Å². The molecule has 0 radical (unpaired) electrons. The van der Waals surface area contributed by atoms with Crippen LogP contribution < -0.4 is 10.9 Å². The normalized spacial score (nSPS) is 12.0. The maximum absolute atomic E-state index is 12.3. The standard InChI is InChI=1S/C15H16ClN3O2/c1-9-7-8-14(20)19(18-9)11(3)15(21)17-13-6-4-5-12(16)10(13)2/h4-8,11H,1-3H3,(H,17,21). The third-order valence-corrected chi connectivity index (χ3v) is 3.64. The Kier molecular flexibility index (Phi) is 4.43. The summed E-state index contributed by atoms with van der Waals surface area (Å²) in [5, 5.41) is 7.44. The van der Waals surface area contributed by atoms with E-state index in [-0.39, 0.29) is 11.5 Å². The minimum absolute atomic E-state index is 0.314. The van der Waals surface area contributed by atoms with Crippen molar-refractivity contribution in [1.29, 1.82) is 0 Å². The Bertz CT molecular complexity index is 740. The molecule has 1 N–H and O–H groups in total. The van der Waals surface area contributed by atoms with Gasteiger partial charge in [0.1, 0.15) is 6.04 Å². The van der Waals surface area contributed by atoms with E-state index in [0.717, 1.165) is 5.56 Å². The second-order valence-electron chi connectivity index (χ2n) is 4.84. The SMILES string of the molecule is Cc1ccc(=O)n(C(C)C(=O)Nc2cccc(Cl)c2C)n1. The lowest BCUT2D eigenvalue weighted by Crippen LogP contribution is -2.33. The van der Waals surface area contributed by atoms with Crippen LogP contribution in [0.4, 0.5) is 5.69 Å². The lowest BCUT2D eigenvalue weighted by Gasteiger charge is -2.15. The van der Waals surface area contributed by atoms with Crippen molar-refractivity contribution < 1.29 is 4.79 Å². The van der Waals surface area contributed by atoms with Gasteiger partial charge in [0.2, 0.25) is 5.91 Å². The Morgan fingerprint density at radius 2 is 2.00 bits per heavy atom. The number of hydrogen-bond acceptors (Lipinski definition) is 3. The molecule has 1 aromatic heterocycles. The fourth-order valence-corrected chi connectivity index (χ4v) is 2.06. The number of amides is 1. The van der Waals surface area contributed by atoms with Gasteiger partial charge in [-0.25, -0.2) is 4.68 Å². The number of nitrogens with zero attached hydrogens (tertiary/aromatic N) is 2. The van der Waals surface area contributed by atoms with Crippen molar-refractivity contribution in [1.82, 2.24) is 9.78 Å². The van der Waals surface area contributed by atoms with E-state index in [0.29, 0.717) is 16.4 Å². The quantitative estimate of drug-likeness (QED) is 0.948. The highest BCUT2D eigenvalue weighted by molar-refractivity contribution is 6.31. The Hall–Kier alpha value is -2.14. The number of aryl methyl sites for hydroxylation is 1. The first-order chi connectivity index (χ1) is 9.90. The Balaban J connectivity index is 2.26. The van der Waals surface area contributed by atoms with Crippen molar-refractivity contribution in [2.45, 2.75) is 26.8 Å². The number of anilines is 1. The van der Waals surface area contributed by atoms with E-state index in [1.165, 1.54) is 10.7 Å². The van der Waals surface area contributed by atoms with Gasteiger partial charge in [0.15, 0.2) is 0 Å². The van der Waals surface area contributed by atoms with Crippen LogP contribution >= 0.6 is 11.6 Å². The van der Waals surface area contributed by atoms with E-state index in [9.17, 15) is 9.59 Å². The first-order valence-electron chi connectivity index (χ1n) is 6.52. The largest absolute Gasteiger partial charge is 0.324 e. The van der Waals surface area contributed by atoms with Gasteiger partial charge in [-0.15, -0.1) is 0 Å². The number of benzene rings is 1. The molecule has 0 spiro atoms. The van der Waals surface area contributed by atoms with Gasteiger partial charge in [-0.3, -0.25) is 9.59 Å². The highest BCUT2D eigenvalue weighted by Gasteiger charge is 2.18. The minimum Gasteiger partial charge on any atom is -0.324 e. The molecule has 0 aliphatic heterocycles. The van der Waals surface area contributed by atoms with Crippen molar-refractivity contribution in [3.8, 4) is 0 Å². The van der Waals surface area contributed by atoms with E-state index in [1.807, 2.05) is 6.92 Å². The molecule has 1 atom stereocenters. The molecule has 110 valence electrons. The topological polar surface area (TPSA) is 64.0 Å². The highest BCUT2D eigenvalue weighted by Crippen LogP contribution is 2.23. The average Bonchev–Trinajstić information content (AvgIpc) is 2.45. The van der Waals surface area contributed by atoms with Crippen molar-refractivity contribution in [2.24, 2.45) is 0 Å². The second kappa shape index (κ2) is 6.10. The number of nitrogens with one attached hydrogen (secondary N) is 1. The van der Waals surface area contributed by atoms with E-state index in [4.69, 9.17) is 11.6 Å². The first-order valence-corrected chi connectivity index (χ1v) is 6.90. The lowest BCUT2D eigenvalue weighted by atomic mass is 10.2. The molecule has 2 rings (SSSR count). The first kappa shape index (κ1) is 15.3. The van der Waals surface area contributed by atoms with E-state index >= 15 is 0 Å². The molecule has 0 saturated heterocycles. The summed E-state index contributed by atoms with van der Waals surface area (Å²) in [6.45, 7) is 5.21. The molecule has 21 heavy (non-hydrogen) atoms. The van der Waals surface area contributed by atoms with Gasteiger partial charge in [-0.05, 0) is 44.5 Å². The van der Waals surface area contributed by atoms with Gasteiger partial charge in [0, 0.05) is 16.8 Å². The van der Waals surface area contributed by atoms with Gasteiger partial charge in [-0.1, -0.05) is 17.7 Å². The van der Waals surface area contributed by atoms with Gasteiger partial charge in [-0.2, -0.15) is 5.10 Å². The van der Waals surface area contributed by atoms with Crippen LogP contribution in [0.15, 0.2) is 35.1 Å². The maximum Gasteiger partial charge on any atom is 0.267 e. The predicted octanol–water partition coefficient (Wildman–Crippen LogP) is 2.71. The lowest BCUT2D eigenvalue weighted by molar-refractivity contribution is -0.119. The van der Waals surface area contributed by atoms with E-state index in [2.05, 4.69) is 10.4 Å². The third kappa shape index (κ3) is 3.31. The van der Waals surface area contributed by atoms with E-state index < -0.39 is 6.04 Å². The fourth-order valence-electron chi connectivity index (χ4n) is 1.89. The molecular formula is C15H16ClN3O2. The molecule has 1 heterocycles. The summed E-state index contributed by atoms with van der Waals surface area (Å²) in [5.74, 6) is -0.319. The minimum atomic E-state index is -0.712. The van der Waals surface area contributed by atoms with Crippen LogP contribution in [0.2, 0.25) is 5.02 Å². The van der Waals surface area contributed by atoms with Crippen molar-refractivity contribution in [3.63, 3.8) is 0 Å². The van der Waals surface area contributed by atoms with Crippen LogP contribution in [-0.4, -0.2) is 15.7 Å². The summed E-state index contributed by atoms with van der Waals surface area (Å²) in [5.41, 5.74) is 1.77. The van der Waals surface area contributed by atoms with Crippen LogP contribution in [0.1, 0.15) is 24.2 Å². The Morgan fingerprint density at radius 1 is 1.29 bits per heavy atom. The summed E-state index contributed by atoms with van der Waals surface area (Å²) in [7, 11) is 0. The molecule has 5 nitrogen and oxygen atoms in total. The van der Waals surface area contributed by atoms with Crippen LogP contribution in [0.3, 0.4) is 0 Å². The zero-order chi connectivity index (χ0) is 15.6. The van der Waals surface area contributed by atoms with E-state index in [1.54, 1.807) is 38.1 Å². The summed E-state index contributed by atoms with van der Waals surface area (Å²) < 4.78 is 1.17. The summed E-state index contributed by atoms with van der Waals surface area (Å²) in [6, 6.07) is 7.57. The molecule has 1 amide bonds. The molecule has 0 aliphatic rings. The van der Waals surface area contributed by atoms with Crippen LogP contribution in [0, 0.1) is 13.8 Å². The number of rotatable bonds is 3. The van der Waals surface area contributed by atoms with Crippen molar-refractivity contribution in [3.05, 3.63) is 57.0 Å². The summed E-state index contributed by atoms with van der Waals surface area (Å²) in [6.07, 6.45) is 0. The molecule has 0 fully saturated rings. The zero-order valence-electron chi connectivity index (χ0n) is 12.1. The van der Waals surface area contributed by atoms with Crippen LogP contribution in [0.5, 0.6) is 0 Å². The second-order valence-corrected chi connectivity index (χ2v) is 5.24. The molecular weight excluding hydrogens is 290 g/mol. The monoisotopic (exact) mass is 305 g/mol. The van der Waals surface area contributed by atoms with Gasteiger partial charge < -0.3 is 5.32 Å². The average molecular weight is 306 g/mol. The third-order valence-electron chi connectivity index (χ3n) is 3.23. The Morgan fingerprint density at radius 3 is 2.71 bits per heavy atom. The smallest absolute Gasteiger partial charge is 0.267 e. The summed E-state index contributed by atoms with van der Waals surface area (Å²) >= 11 is 6.02. The molecule has 1 unspecified atom stereocenters. The molecule has 0 bridgehead atoms. The highest BCUT2D eigenvalue weighted by atomic mass is 35.5. The molecule has 2 aromatic rings. The number of aromatic nitrogens is 2. The molecule has 0 aliphatic carbocycles. The summed E-state index contributed by atoms with van der Waals surface area (Å²) in [4.78, 5) is 24.1. The van der Waals surface area contributed by atoms with Gasteiger partial charge >= 0.3 is 0 Å². The fraction of sp³-hybridized carbons (Fsp3) is 0.267. The zero-order valence-corrected chi connectivity index (χ0v) is 12.8. The Labute approximate surface area is 127 Å². The molecule has 1 aromatic carbocycles. The molecule has 6 heteroatoms. The number of halogens is 1.